The molecule has 1 aliphatic heterocycles. The summed E-state index contributed by atoms with van der Waals surface area (Å²) >= 11 is 6.04. The number of hydrogen-bond donors (Lipinski definition) is 2. The quantitative estimate of drug-likeness (QED) is 0.630. The van der Waals surface area contributed by atoms with E-state index in [-0.39, 0.29) is 24.4 Å². The van der Waals surface area contributed by atoms with E-state index in [0.717, 1.165) is 37.1 Å². The summed E-state index contributed by atoms with van der Waals surface area (Å²) in [6.45, 7) is 1.94. The SMILES string of the molecule is Cl.O=C(NC(c1ccccc1)c1ccc(Cl)cc1)c1ccn(C2CCCNC2)n1. The third-order valence-electron chi connectivity index (χ3n) is 5.10. The molecule has 29 heavy (non-hydrogen) atoms. The minimum atomic E-state index is -0.271. The molecule has 1 fully saturated rings. The average Bonchev–Trinajstić information content (AvgIpc) is 3.24. The van der Waals surface area contributed by atoms with Crippen LogP contribution in [0.3, 0.4) is 0 Å². The van der Waals surface area contributed by atoms with E-state index in [2.05, 4.69) is 15.7 Å². The number of aromatic nitrogens is 2. The predicted molar refractivity (Wildman–Crippen MR) is 118 cm³/mol. The van der Waals surface area contributed by atoms with Crippen LogP contribution in [0.5, 0.6) is 0 Å². The molecule has 0 saturated carbocycles. The number of halogens is 2. The number of nitrogens with one attached hydrogen (secondary N) is 2. The van der Waals surface area contributed by atoms with Gasteiger partial charge in [-0.1, -0.05) is 54.1 Å². The molecule has 152 valence electrons. The number of rotatable bonds is 5. The molecule has 0 radical (unpaired) electrons. The lowest BCUT2D eigenvalue weighted by Gasteiger charge is -2.23. The largest absolute Gasteiger partial charge is 0.340 e. The lowest BCUT2D eigenvalue weighted by atomic mass is 9.98. The zero-order valence-electron chi connectivity index (χ0n) is 15.9. The summed E-state index contributed by atoms with van der Waals surface area (Å²) in [5.74, 6) is -0.189. The zero-order chi connectivity index (χ0) is 19.3. The third kappa shape index (κ3) is 5.18. The molecule has 1 aromatic heterocycles. The first-order valence-corrected chi connectivity index (χ1v) is 9.95. The Labute approximate surface area is 181 Å². The molecule has 1 saturated heterocycles. The maximum Gasteiger partial charge on any atom is 0.272 e. The van der Waals surface area contributed by atoms with E-state index in [0.29, 0.717) is 16.8 Å². The number of carbonyl (C=O) groups is 1. The summed E-state index contributed by atoms with van der Waals surface area (Å²) in [6.07, 6.45) is 4.10. The molecule has 0 aliphatic carbocycles. The van der Waals surface area contributed by atoms with Gasteiger partial charge in [0.15, 0.2) is 0 Å². The molecular weight excluding hydrogens is 407 g/mol. The van der Waals surface area contributed by atoms with Crippen molar-refractivity contribution in [3.8, 4) is 0 Å². The number of carbonyl (C=O) groups excluding carboxylic acids is 1. The first-order chi connectivity index (χ1) is 13.7. The average molecular weight is 431 g/mol. The van der Waals surface area contributed by atoms with Gasteiger partial charge in [-0.15, -0.1) is 12.4 Å². The van der Waals surface area contributed by atoms with Gasteiger partial charge in [-0.2, -0.15) is 5.10 Å². The highest BCUT2D eigenvalue weighted by atomic mass is 35.5. The van der Waals surface area contributed by atoms with Crippen LogP contribution in [0.25, 0.3) is 0 Å². The molecule has 2 atom stereocenters. The van der Waals surface area contributed by atoms with Gasteiger partial charge in [-0.05, 0) is 48.7 Å². The van der Waals surface area contributed by atoms with E-state index in [4.69, 9.17) is 11.6 Å². The van der Waals surface area contributed by atoms with Crippen molar-refractivity contribution in [2.75, 3.05) is 13.1 Å². The zero-order valence-corrected chi connectivity index (χ0v) is 17.5. The monoisotopic (exact) mass is 430 g/mol. The molecular formula is C22H24Cl2N4O. The van der Waals surface area contributed by atoms with Crippen molar-refractivity contribution in [3.05, 3.63) is 88.7 Å². The first-order valence-electron chi connectivity index (χ1n) is 9.58. The van der Waals surface area contributed by atoms with Gasteiger partial charge in [0, 0.05) is 17.8 Å². The van der Waals surface area contributed by atoms with E-state index in [1.54, 1.807) is 6.07 Å². The lowest BCUT2D eigenvalue weighted by Crippen LogP contribution is -2.32. The molecule has 2 N–H and O–H groups in total. The van der Waals surface area contributed by atoms with Gasteiger partial charge in [0.05, 0.1) is 12.1 Å². The Morgan fingerprint density at radius 1 is 1.10 bits per heavy atom. The van der Waals surface area contributed by atoms with E-state index in [1.807, 2.05) is 65.5 Å². The smallest absolute Gasteiger partial charge is 0.272 e. The van der Waals surface area contributed by atoms with E-state index < -0.39 is 0 Å². The van der Waals surface area contributed by atoms with Crippen molar-refractivity contribution in [1.29, 1.82) is 0 Å². The highest BCUT2D eigenvalue weighted by molar-refractivity contribution is 6.30. The van der Waals surface area contributed by atoms with Crippen molar-refractivity contribution in [3.63, 3.8) is 0 Å². The van der Waals surface area contributed by atoms with Crippen LogP contribution in [0.15, 0.2) is 66.9 Å². The van der Waals surface area contributed by atoms with Crippen LogP contribution in [0.1, 0.15) is 46.5 Å². The molecule has 2 aromatic carbocycles. The molecule has 0 bridgehead atoms. The van der Waals surface area contributed by atoms with Crippen LogP contribution in [0.4, 0.5) is 0 Å². The second-order valence-corrected chi connectivity index (χ2v) is 7.49. The predicted octanol–water partition coefficient (Wildman–Crippen LogP) is 4.40. The second-order valence-electron chi connectivity index (χ2n) is 7.05. The van der Waals surface area contributed by atoms with Gasteiger partial charge >= 0.3 is 0 Å². The van der Waals surface area contributed by atoms with Gasteiger partial charge in [-0.25, -0.2) is 0 Å². The summed E-state index contributed by atoms with van der Waals surface area (Å²) in [7, 11) is 0. The fourth-order valence-electron chi connectivity index (χ4n) is 3.59. The molecule has 0 spiro atoms. The highest BCUT2D eigenvalue weighted by Crippen LogP contribution is 2.24. The van der Waals surface area contributed by atoms with Gasteiger partial charge in [0.1, 0.15) is 5.69 Å². The van der Waals surface area contributed by atoms with E-state index >= 15 is 0 Å². The maximum atomic E-state index is 12.9. The Kier molecular flexibility index (Phi) is 7.31. The van der Waals surface area contributed by atoms with Gasteiger partial charge in [0.25, 0.3) is 5.91 Å². The van der Waals surface area contributed by atoms with Crippen LogP contribution >= 0.6 is 24.0 Å². The number of piperidine rings is 1. The number of hydrogen-bond acceptors (Lipinski definition) is 3. The molecule has 3 aromatic rings. The van der Waals surface area contributed by atoms with Crippen molar-refractivity contribution >= 4 is 29.9 Å². The highest BCUT2D eigenvalue weighted by Gasteiger charge is 2.21. The molecule has 5 nitrogen and oxygen atoms in total. The van der Waals surface area contributed by atoms with Crippen LogP contribution in [0, 0.1) is 0 Å². The maximum absolute atomic E-state index is 12.9. The van der Waals surface area contributed by atoms with Crippen LogP contribution < -0.4 is 10.6 Å². The fraction of sp³-hybridized carbons (Fsp3) is 0.273. The minimum absolute atomic E-state index is 0. The summed E-state index contributed by atoms with van der Waals surface area (Å²) in [4.78, 5) is 12.9. The van der Waals surface area contributed by atoms with Crippen molar-refractivity contribution < 1.29 is 4.79 Å². The normalized spacial score (nSPS) is 17.2. The summed E-state index contributed by atoms with van der Waals surface area (Å²) in [5, 5.41) is 11.7. The molecule has 1 aliphatic rings. The van der Waals surface area contributed by atoms with Crippen LogP contribution in [0.2, 0.25) is 5.02 Å². The minimum Gasteiger partial charge on any atom is -0.340 e. The molecule has 7 heteroatoms. The Balaban J connectivity index is 0.00000240. The molecule has 2 heterocycles. The topological polar surface area (TPSA) is 59.0 Å². The summed E-state index contributed by atoms with van der Waals surface area (Å²) in [5.41, 5.74) is 2.41. The van der Waals surface area contributed by atoms with Crippen LogP contribution in [-0.4, -0.2) is 28.8 Å². The molecule has 4 rings (SSSR count). The first kappa shape index (κ1) is 21.4. The van der Waals surface area contributed by atoms with Crippen molar-refractivity contribution in [1.82, 2.24) is 20.4 Å². The van der Waals surface area contributed by atoms with Gasteiger partial charge < -0.3 is 10.6 Å². The molecule has 1 amide bonds. The summed E-state index contributed by atoms with van der Waals surface area (Å²) < 4.78 is 1.90. The fourth-order valence-corrected chi connectivity index (χ4v) is 3.71. The number of amides is 1. The Morgan fingerprint density at radius 3 is 2.52 bits per heavy atom. The van der Waals surface area contributed by atoms with E-state index in [9.17, 15) is 4.79 Å². The number of benzene rings is 2. The van der Waals surface area contributed by atoms with E-state index in [1.165, 1.54) is 0 Å². The van der Waals surface area contributed by atoms with Gasteiger partial charge in [0.2, 0.25) is 0 Å². The van der Waals surface area contributed by atoms with Gasteiger partial charge in [-0.3, -0.25) is 9.48 Å². The van der Waals surface area contributed by atoms with Crippen LogP contribution in [-0.2, 0) is 0 Å². The Hall–Kier alpha value is -2.34. The Bertz CT molecular complexity index is 922. The standard InChI is InChI=1S/C22H23ClN4O.ClH/c23-18-10-8-17(9-11-18)21(16-5-2-1-3-6-16)25-22(28)20-12-14-27(26-20)19-7-4-13-24-15-19;/h1-3,5-6,8-12,14,19,21,24H,4,7,13,15H2,(H,25,28);1H. The van der Waals surface area contributed by atoms with Crippen molar-refractivity contribution in [2.45, 2.75) is 24.9 Å². The third-order valence-corrected chi connectivity index (χ3v) is 5.35. The number of nitrogens with zero attached hydrogens (tertiary/aromatic N) is 2. The Morgan fingerprint density at radius 2 is 1.83 bits per heavy atom. The van der Waals surface area contributed by atoms with Crippen molar-refractivity contribution in [2.24, 2.45) is 0 Å². The summed E-state index contributed by atoms with van der Waals surface area (Å²) in [6, 6.07) is 19.3. The second kappa shape index (κ2) is 9.92. The molecule has 2 unspecified atom stereocenters. The lowest BCUT2D eigenvalue weighted by molar-refractivity contribution is 0.0936.